The molecule has 0 radical (unpaired) electrons. The lowest BCUT2D eigenvalue weighted by atomic mass is 10.3. The van der Waals surface area contributed by atoms with Crippen molar-refractivity contribution in [3.8, 4) is 11.5 Å². The van der Waals surface area contributed by atoms with Gasteiger partial charge in [-0.3, -0.25) is 9.59 Å². The van der Waals surface area contributed by atoms with E-state index in [4.69, 9.17) is 9.47 Å². The van der Waals surface area contributed by atoms with E-state index < -0.39 is 0 Å². The molecule has 0 aliphatic heterocycles. The van der Waals surface area contributed by atoms with Crippen molar-refractivity contribution < 1.29 is 23.5 Å². The summed E-state index contributed by atoms with van der Waals surface area (Å²) in [6.45, 7) is 1.98. The SMILES string of the molecule is CCOc1ccccc1OCC(=O)N(C)CC(=O)Nc1ccc(F)cc1. The van der Waals surface area contributed by atoms with Crippen LogP contribution in [0, 0.1) is 5.82 Å². The number of nitrogens with zero attached hydrogens (tertiary/aromatic N) is 1. The lowest BCUT2D eigenvalue weighted by molar-refractivity contribution is -0.135. The van der Waals surface area contributed by atoms with Crippen LogP contribution >= 0.6 is 0 Å². The number of carbonyl (C=O) groups excluding carboxylic acids is 2. The number of amides is 2. The van der Waals surface area contributed by atoms with Crippen molar-refractivity contribution >= 4 is 17.5 Å². The molecule has 26 heavy (non-hydrogen) atoms. The first-order valence-electron chi connectivity index (χ1n) is 8.13. The van der Waals surface area contributed by atoms with Crippen LogP contribution in [-0.2, 0) is 9.59 Å². The molecule has 7 heteroatoms. The average molecular weight is 360 g/mol. The maximum Gasteiger partial charge on any atom is 0.260 e. The third-order valence-corrected chi connectivity index (χ3v) is 3.43. The van der Waals surface area contributed by atoms with Crippen molar-refractivity contribution in [1.82, 2.24) is 4.90 Å². The van der Waals surface area contributed by atoms with Gasteiger partial charge in [-0.25, -0.2) is 4.39 Å². The zero-order chi connectivity index (χ0) is 18.9. The molecule has 138 valence electrons. The summed E-state index contributed by atoms with van der Waals surface area (Å²) in [5.41, 5.74) is 0.458. The Hall–Kier alpha value is -3.09. The molecule has 0 saturated carbocycles. The van der Waals surface area contributed by atoms with Gasteiger partial charge in [-0.15, -0.1) is 0 Å². The van der Waals surface area contributed by atoms with Gasteiger partial charge >= 0.3 is 0 Å². The molecular formula is C19H21FN2O4. The third kappa shape index (κ3) is 5.77. The van der Waals surface area contributed by atoms with Gasteiger partial charge in [0.25, 0.3) is 5.91 Å². The zero-order valence-corrected chi connectivity index (χ0v) is 14.7. The standard InChI is InChI=1S/C19H21FN2O4/c1-3-25-16-6-4-5-7-17(16)26-13-19(24)22(2)12-18(23)21-15-10-8-14(20)9-11-15/h4-11H,3,12-13H2,1-2H3,(H,21,23). The Kier molecular flexibility index (Phi) is 6.96. The topological polar surface area (TPSA) is 67.9 Å². The smallest absolute Gasteiger partial charge is 0.260 e. The van der Waals surface area contributed by atoms with E-state index in [2.05, 4.69) is 5.32 Å². The molecule has 0 spiro atoms. The highest BCUT2D eigenvalue weighted by molar-refractivity contribution is 5.94. The fourth-order valence-corrected chi connectivity index (χ4v) is 2.13. The number of anilines is 1. The molecule has 0 saturated heterocycles. The predicted molar refractivity (Wildman–Crippen MR) is 95.8 cm³/mol. The molecule has 0 aliphatic carbocycles. The van der Waals surface area contributed by atoms with E-state index in [1.807, 2.05) is 13.0 Å². The van der Waals surface area contributed by atoms with Crippen LogP contribution in [0.2, 0.25) is 0 Å². The molecule has 2 aromatic carbocycles. The number of para-hydroxylation sites is 2. The fourth-order valence-electron chi connectivity index (χ4n) is 2.13. The number of ether oxygens (including phenoxy) is 2. The minimum Gasteiger partial charge on any atom is -0.490 e. The van der Waals surface area contributed by atoms with Gasteiger partial charge in [0, 0.05) is 12.7 Å². The Balaban J connectivity index is 1.83. The van der Waals surface area contributed by atoms with Crippen LogP contribution in [0.3, 0.4) is 0 Å². The van der Waals surface area contributed by atoms with Crippen molar-refractivity contribution in [3.63, 3.8) is 0 Å². The van der Waals surface area contributed by atoms with E-state index in [-0.39, 0.29) is 30.8 Å². The fraction of sp³-hybridized carbons (Fsp3) is 0.263. The second-order valence-electron chi connectivity index (χ2n) is 5.47. The van der Waals surface area contributed by atoms with E-state index in [1.54, 1.807) is 18.2 Å². The highest BCUT2D eigenvalue weighted by atomic mass is 19.1. The van der Waals surface area contributed by atoms with Gasteiger partial charge in [0.05, 0.1) is 13.2 Å². The Bertz CT molecular complexity index is 749. The number of hydrogen-bond donors (Lipinski definition) is 1. The number of hydrogen-bond acceptors (Lipinski definition) is 4. The first kappa shape index (κ1) is 19.2. The summed E-state index contributed by atoms with van der Waals surface area (Å²) in [6.07, 6.45) is 0. The largest absolute Gasteiger partial charge is 0.490 e. The van der Waals surface area contributed by atoms with E-state index in [1.165, 1.54) is 36.2 Å². The van der Waals surface area contributed by atoms with E-state index >= 15 is 0 Å². The zero-order valence-electron chi connectivity index (χ0n) is 14.7. The lowest BCUT2D eigenvalue weighted by Gasteiger charge is -2.18. The van der Waals surface area contributed by atoms with Gasteiger partial charge in [-0.05, 0) is 43.3 Å². The van der Waals surface area contributed by atoms with Gasteiger partial charge in [-0.2, -0.15) is 0 Å². The summed E-state index contributed by atoms with van der Waals surface area (Å²) in [5, 5.41) is 2.59. The molecule has 1 N–H and O–H groups in total. The number of benzene rings is 2. The number of nitrogens with one attached hydrogen (secondary N) is 1. The van der Waals surface area contributed by atoms with Crippen molar-refractivity contribution in [2.75, 3.05) is 32.1 Å². The number of carbonyl (C=O) groups is 2. The molecule has 6 nitrogen and oxygen atoms in total. The molecule has 0 aromatic heterocycles. The molecule has 2 amide bonds. The minimum absolute atomic E-state index is 0.146. The highest BCUT2D eigenvalue weighted by Gasteiger charge is 2.15. The van der Waals surface area contributed by atoms with Crippen LogP contribution in [-0.4, -0.2) is 43.5 Å². The van der Waals surface area contributed by atoms with Crippen molar-refractivity contribution in [3.05, 3.63) is 54.3 Å². The maximum absolute atomic E-state index is 12.9. The Labute approximate surface area is 151 Å². The summed E-state index contributed by atoms with van der Waals surface area (Å²) in [5.74, 6) is -0.112. The van der Waals surface area contributed by atoms with Crippen LogP contribution in [0.25, 0.3) is 0 Å². The van der Waals surface area contributed by atoms with Crippen LogP contribution in [0.15, 0.2) is 48.5 Å². The second-order valence-corrected chi connectivity index (χ2v) is 5.47. The van der Waals surface area contributed by atoms with Gasteiger partial charge in [0.1, 0.15) is 5.82 Å². The Morgan fingerprint density at radius 3 is 2.27 bits per heavy atom. The number of likely N-dealkylation sites (N-methyl/N-ethyl adjacent to an activating group) is 1. The van der Waals surface area contributed by atoms with Gasteiger partial charge in [0.2, 0.25) is 5.91 Å². The molecule has 0 fully saturated rings. The van der Waals surface area contributed by atoms with Crippen LogP contribution in [0.1, 0.15) is 6.92 Å². The highest BCUT2D eigenvalue weighted by Crippen LogP contribution is 2.26. The quantitative estimate of drug-likeness (QED) is 0.786. The molecular weight excluding hydrogens is 339 g/mol. The summed E-state index contributed by atoms with van der Waals surface area (Å²) in [7, 11) is 1.50. The predicted octanol–water partition coefficient (Wildman–Crippen LogP) is 2.70. The van der Waals surface area contributed by atoms with Gasteiger partial charge < -0.3 is 19.7 Å². The first-order valence-corrected chi connectivity index (χ1v) is 8.13. The van der Waals surface area contributed by atoms with E-state index in [0.29, 0.717) is 23.8 Å². The molecule has 0 heterocycles. The summed E-state index contributed by atoms with van der Waals surface area (Å²) in [6, 6.07) is 12.4. The van der Waals surface area contributed by atoms with Gasteiger partial charge in [-0.1, -0.05) is 12.1 Å². The van der Waals surface area contributed by atoms with Crippen molar-refractivity contribution in [2.24, 2.45) is 0 Å². The molecule has 0 unspecified atom stereocenters. The third-order valence-electron chi connectivity index (χ3n) is 3.43. The summed E-state index contributed by atoms with van der Waals surface area (Å²) < 4.78 is 23.8. The summed E-state index contributed by atoms with van der Waals surface area (Å²) >= 11 is 0. The first-order chi connectivity index (χ1) is 12.5. The van der Waals surface area contributed by atoms with Crippen molar-refractivity contribution in [2.45, 2.75) is 6.92 Å². The number of halogens is 1. The Morgan fingerprint density at radius 2 is 1.65 bits per heavy atom. The van der Waals surface area contributed by atoms with E-state index in [9.17, 15) is 14.0 Å². The van der Waals surface area contributed by atoms with Crippen LogP contribution in [0.5, 0.6) is 11.5 Å². The summed E-state index contributed by atoms with van der Waals surface area (Å²) in [4.78, 5) is 25.4. The molecule has 2 rings (SSSR count). The Morgan fingerprint density at radius 1 is 1.04 bits per heavy atom. The van der Waals surface area contributed by atoms with Crippen molar-refractivity contribution in [1.29, 1.82) is 0 Å². The molecule has 2 aromatic rings. The normalized spacial score (nSPS) is 10.1. The van der Waals surface area contributed by atoms with Crippen LogP contribution in [0.4, 0.5) is 10.1 Å². The van der Waals surface area contributed by atoms with Crippen LogP contribution < -0.4 is 14.8 Å². The lowest BCUT2D eigenvalue weighted by Crippen LogP contribution is -2.37. The van der Waals surface area contributed by atoms with Gasteiger partial charge in [0.15, 0.2) is 18.1 Å². The number of rotatable bonds is 8. The van der Waals surface area contributed by atoms with E-state index in [0.717, 1.165) is 0 Å². The monoisotopic (exact) mass is 360 g/mol. The minimum atomic E-state index is -0.389. The molecule has 0 atom stereocenters. The second kappa shape index (κ2) is 9.41. The average Bonchev–Trinajstić information content (AvgIpc) is 2.62. The molecule has 0 bridgehead atoms. The molecule has 0 aliphatic rings. The maximum atomic E-state index is 12.9.